The summed E-state index contributed by atoms with van der Waals surface area (Å²) in [5.74, 6) is 0. The predicted molar refractivity (Wildman–Crippen MR) is 73.0 cm³/mol. The van der Waals surface area contributed by atoms with Crippen molar-refractivity contribution in [1.29, 1.82) is 0 Å². The number of nitro groups is 1. The zero-order chi connectivity index (χ0) is 13.7. The largest absolute Gasteiger partial charge is 0.315 e. The topological polar surface area (TPSA) is 77.2 Å². The molecule has 0 radical (unpaired) electrons. The van der Waals surface area contributed by atoms with E-state index in [1.165, 1.54) is 10.8 Å². The van der Waals surface area contributed by atoms with Gasteiger partial charge in [0.1, 0.15) is 0 Å². The lowest BCUT2D eigenvalue weighted by atomic mass is 10.2. The molecule has 0 atom stereocenters. The molecule has 1 rings (SSSR count). The number of pyridine rings is 1. The molecule has 1 heterocycles. The van der Waals surface area contributed by atoms with Crippen molar-refractivity contribution < 1.29 is 4.92 Å². The maximum atomic E-state index is 11.9. The van der Waals surface area contributed by atoms with Crippen molar-refractivity contribution in [2.75, 3.05) is 13.1 Å². The van der Waals surface area contributed by atoms with Gasteiger partial charge in [-0.05, 0) is 35.8 Å². The van der Waals surface area contributed by atoms with Crippen LogP contribution in [0.5, 0.6) is 0 Å². The Bertz CT molecular complexity index is 499. The van der Waals surface area contributed by atoms with E-state index in [1.54, 1.807) is 6.92 Å². The lowest BCUT2D eigenvalue weighted by Crippen LogP contribution is -2.28. The molecular formula is C11H16BrN3O3. The number of nitrogens with one attached hydrogen (secondary N) is 1. The summed E-state index contributed by atoms with van der Waals surface area (Å²) in [6.45, 7) is 5.50. The Labute approximate surface area is 113 Å². The molecule has 0 saturated heterocycles. The highest BCUT2D eigenvalue weighted by Gasteiger charge is 2.17. The highest BCUT2D eigenvalue weighted by Crippen LogP contribution is 2.21. The van der Waals surface area contributed by atoms with Crippen LogP contribution in [0.2, 0.25) is 0 Å². The minimum absolute atomic E-state index is 0.0445. The minimum atomic E-state index is -0.477. The van der Waals surface area contributed by atoms with Crippen LogP contribution in [0.15, 0.2) is 15.5 Å². The van der Waals surface area contributed by atoms with E-state index in [2.05, 4.69) is 21.2 Å². The molecule has 0 fully saturated rings. The Morgan fingerprint density at radius 2 is 2.17 bits per heavy atom. The molecule has 0 spiro atoms. The van der Waals surface area contributed by atoms with Gasteiger partial charge in [0.2, 0.25) is 0 Å². The average Bonchev–Trinajstić information content (AvgIpc) is 2.33. The number of nitrogens with zero attached hydrogens (tertiary/aromatic N) is 2. The van der Waals surface area contributed by atoms with Crippen LogP contribution >= 0.6 is 15.9 Å². The molecule has 6 nitrogen and oxygen atoms in total. The summed E-state index contributed by atoms with van der Waals surface area (Å²) in [4.78, 5) is 22.3. The third-order valence-electron chi connectivity index (χ3n) is 2.59. The number of aromatic nitrogens is 1. The van der Waals surface area contributed by atoms with Gasteiger partial charge >= 0.3 is 0 Å². The van der Waals surface area contributed by atoms with Crippen LogP contribution in [-0.2, 0) is 6.54 Å². The fourth-order valence-corrected chi connectivity index (χ4v) is 1.98. The molecule has 100 valence electrons. The second-order valence-corrected chi connectivity index (χ2v) is 4.75. The van der Waals surface area contributed by atoms with Crippen LogP contribution in [0.25, 0.3) is 0 Å². The molecule has 1 aromatic rings. The van der Waals surface area contributed by atoms with E-state index in [9.17, 15) is 14.9 Å². The van der Waals surface area contributed by atoms with Gasteiger partial charge in [0.05, 0.1) is 15.6 Å². The van der Waals surface area contributed by atoms with Gasteiger partial charge in [-0.1, -0.05) is 6.92 Å². The fraction of sp³-hybridized carbons (Fsp3) is 0.545. The quantitative estimate of drug-likeness (QED) is 0.493. The number of rotatable bonds is 6. The highest BCUT2D eigenvalue weighted by atomic mass is 79.9. The maximum absolute atomic E-state index is 11.9. The molecule has 7 heteroatoms. The van der Waals surface area contributed by atoms with Gasteiger partial charge in [0, 0.05) is 18.7 Å². The summed E-state index contributed by atoms with van der Waals surface area (Å²) in [7, 11) is 0. The van der Waals surface area contributed by atoms with Gasteiger partial charge < -0.3 is 9.88 Å². The molecule has 0 unspecified atom stereocenters. The second-order valence-electron chi connectivity index (χ2n) is 3.96. The van der Waals surface area contributed by atoms with E-state index in [0.29, 0.717) is 18.7 Å². The van der Waals surface area contributed by atoms with Crippen molar-refractivity contribution in [3.8, 4) is 0 Å². The molecule has 0 saturated carbocycles. The third kappa shape index (κ3) is 3.39. The molecule has 0 aliphatic heterocycles. The Morgan fingerprint density at radius 1 is 1.50 bits per heavy atom. The van der Waals surface area contributed by atoms with Crippen LogP contribution in [0.4, 0.5) is 5.69 Å². The molecule has 18 heavy (non-hydrogen) atoms. The monoisotopic (exact) mass is 317 g/mol. The van der Waals surface area contributed by atoms with Crippen LogP contribution in [0, 0.1) is 17.0 Å². The van der Waals surface area contributed by atoms with E-state index in [0.717, 1.165) is 13.0 Å². The van der Waals surface area contributed by atoms with Crippen molar-refractivity contribution in [3.63, 3.8) is 0 Å². The summed E-state index contributed by atoms with van der Waals surface area (Å²) in [6, 6.07) is 0. The normalized spacial score (nSPS) is 10.6. The molecule has 0 aliphatic rings. The number of hydrogen-bond donors (Lipinski definition) is 1. The Morgan fingerprint density at radius 3 is 2.72 bits per heavy atom. The molecule has 1 N–H and O–H groups in total. The smallest absolute Gasteiger partial charge is 0.289 e. The zero-order valence-electron chi connectivity index (χ0n) is 10.4. The van der Waals surface area contributed by atoms with E-state index in [-0.39, 0.29) is 15.7 Å². The maximum Gasteiger partial charge on any atom is 0.289 e. The van der Waals surface area contributed by atoms with Gasteiger partial charge in [-0.2, -0.15) is 0 Å². The van der Waals surface area contributed by atoms with Gasteiger partial charge in [0.25, 0.3) is 11.2 Å². The van der Waals surface area contributed by atoms with Crippen molar-refractivity contribution >= 4 is 21.6 Å². The minimum Gasteiger partial charge on any atom is -0.315 e. The van der Waals surface area contributed by atoms with Crippen molar-refractivity contribution in [2.24, 2.45) is 0 Å². The van der Waals surface area contributed by atoms with Crippen LogP contribution in [0.3, 0.4) is 0 Å². The summed E-state index contributed by atoms with van der Waals surface area (Å²) in [6.07, 6.45) is 2.31. The van der Waals surface area contributed by atoms with Gasteiger partial charge in [-0.15, -0.1) is 0 Å². The highest BCUT2D eigenvalue weighted by molar-refractivity contribution is 9.10. The summed E-state index contributed by atoms with van der Waals surface area (Å²) < 4.78 is 1.62. The summed E-state index contributed by atoms with van der Waals surface area (Å²) >= 11 is 3.11. The second kappa shape index (κ2) is 6.65. The number of hydrogen-bond acceptors (Lipinski definition) is 4. The zero-order valence-corrected chi connectivity index (χ0v) is 12.0. The number of halogens is 1. The first-order chi connectivity index (χ1) is 8.49. The average molecular weight is 318 g/mol. The van der Waals surface area contributed by atoms with Crippen LogP contribution in [0.1, 0.15) is 18.9 Å². The lowest BCUT2D eigenvalue weighted by Gasteiger charge is -2.09. The summed E-state index contributed by atoms with van der Waals surface area (Å²) in [5, 5.41) is 14.0. The molecule has 0 aliphatic carbocycles. The van der Waals surface area contributed by atoms with Gasteiger partial charge in [-0.3, -0.25) is 14.9 Å². The van der Waals surface area contributed by atoms with Gasteiger partial charge in [0.15, 0.2) is 0 Å². The third-order valence-corrected chi connectivity index (χ3v) is 3.53. The van der Waals surface area contributed by atoms with E-state index < -0.39 is 4.92 Å². The first kappa shape index (κ1) is 14.8. The van der Waals surface area contributed by atoms with Crippen molar-refractivity contribution in [3.05, 3.63) is 36.7 Å². The molecule has 0 amide bonds. The van der Waals surface area contributed by atoms with E-state index in [4.69, 9.17) is 0 Å². The summed E-state index contributed by atoms with van der Waals surface area (Å²) in [5.41, 5.74) is 0.0798. The Hall–Kier alpha value is -1.21. The van der Waals surface area contributed by atoms with E-state index >= 15 is 0 Å². The standard InChI is InChI=1S/C11H16BrN3O3/c1-3-4-13-5-6-14-7-9(15(17)18)8(2)10(12)11(14)16/h7,13H,3-6H2,1-2H3. The Balaban J connectivity index is 2.98. The molecule has 1 aromatic heterocycles. The first-order valence-electron chi connectivity index (χ1n) is 5.73. The lowest BCUT2D eigenvalue weighted by molar-refractivity contribution is -0.386. The molecule has 0 aromatic carbocycles. The SMILES string of the molecule is CCCNCCn1cc([N+](=O)[O-])c(C)c(Br)c1=O. The molecular weight excluding hydrogens is 302 g/mol. The van der Waals surface area contributed by atoms with Crippen LogP contribution < -0.4 is 10.9 Å². The molecule has 0 bridgehead atoms. The van der Waals surface area contributed by atoms with Crippen molar-refractivity contribution in [2.45, 2.75) is 26.8 Å². The van der Waals surface area contributed by atoms with E-state index in [1.807, 2.05) is 6.92 Å². The van der Waals surface area contributed by atoms with Gasteiger partial charge in [-0.25, -0.2) is 0 Å². The Kier molecular flexibility index (Phi) is 5.49. The predicted octanol–water partition coefficient (Wildman–Crippen LogP) is 1.83. The fourth-order valence-electron chi connectivity index (χ4n) is 1.55. The van der Waals surface area contributed by atoms with Crippen LogP contribution in [-0.4, -0.2) is 22.6 Å². The van der Waals surface area contributed by atoms with Crippen molar-refractivity contribution in [1.82, 2.24) is 9.88 Å². The first-order valence-corrected chi connectivity index (χ1v) is 6.53.